The van der Waals surface area contributed by atoms with Crippen LogP contribution in [0.3, 0.4) is 0 Å². The maximum atomic E-state index is 11.3. The first-order valence-electron chi connectivity index (χ1n) is 5.29. The molecule has 0 unspecified atom stereocenters. The van der Waals surface area contributed by atoms with Crippen LogP contribution in [0.2, 0.25) is 0 Å². The Morgan fingerprint density at radius 1 is 1.29 bits per heavy atom. The lowest BCUT2D eigenvalue weighted by Crippen LogP contribution is -2.22. The number of ether oxygens (including phenoxy) is 2. The molecule has 0 aliphatic carbocycles. The van der Waals surface area contributed by atoms with Crippen LogP contribution in [0.5, 0.6) is 11.5 Å². The molecule has 0 atom stereocenters. The van der Waals surface area contributed by atoms with E-state index in [-0.39, 0.29) is 5.91 Å². The second kappa shape index (κ2) is 7.06. The van der Waals surface area contributed by atoms with Crippen LogP contribution in [-0.4, -0.2) is 25.9 Å². The highest BCUT2D eigenvalue weighted by molar-refractivity contribution is 7.80. The van der Waals surface area contributed by atoms with Crippen molar-refractivity contribution in [1.29, 1.82) is 0 Å². The van der Waals surface area contributed by atoms with E-state index in [0.717, 1.165) is 5.56 Å². The molecule has 0 aromatic heterocycles. The zero-order valence-corrected chi connectivity index (χ0v) is 10.9. The number of hydrogen-bond donors (Lipinski definition) is 2. The molecule has 1 aromatic rings. The SMILES string of the molecule is COc1ccc(CNC(=O)CCS)cc1OC. The third kappa shape index (κ3) is 4.19. The highest BCUT2D eigenvalue weighted by Crippen LogP contribution is 2.27. The van der Waals surface area contributed by atoms with Gasteiger partial charge in [0.2, 0.25) is 5.91 Å². The van der Waals surface area contributed by atoms with Crippen molar-refractivity contribution in [3.8, 4) is 11.5 Å². The molecule has 5 heteroatoms. The Labute approximate surface area is 107 Å². The van der Waals surface area contributed by atoms with Crippen molar-refractivity contribution in [1.82, 2.24) is 5.32 Å². The average Bonchev–Trinajstić information content (AvgIpc) is 2.36. The van der Waals surface area contributed by atoms with Crippen molar-refractivity contribution in [3.63, 3.8) is 0 Å². The molecule has 0 radical (unpaired) electrons. The Bertz CT molecular complexity index is 382. The smallest absolute Gasteiger partial charge is 0.221 e. The van der Waals surface area contributed by atoms with Crippen molar-refractivity contribution < 1.29 is 14.3 Å². The number of methoxy groups -OCH3 is 2. The molecule has 0 fully saturated rings. The fourth-order valence-electron chi connectivity index (χ4n) is 1.38. The van der Waals surface area contributed by atoms with Gasteiger partial charge in [0, 0.05) is 13.0 Å². The summed E-state index contributed by atoms with van der Waals surface area (Å²) in [7, 11) is 3.17. The van der Waals surface area contributed by atoms with Gasteiger partial charge in [-0.15, -0.1) is 0 Å². The number of hydrogen-bond acceptors (Lipinski definition) is 4. The molecule has 17 heavy (non-hydrogen) atoms. The van der Waals surface area contributed by atoms with Gasteiger partial charge in [-0.2, -0.15) is 12.6 Å². The van der Waals surface area contributed by atoms with Crippen molar-refractivity contribution in [3.05, 3.63) is 23.8 Å². The zero-order valence-electron chi connectivity index (χ0n) is 10.0. The van der Waals surface area contributed by atoms with Crippen LogP contribution in [-0.2, 0) is 11.3 Å². The fraction of sp³-hybridized carbons (Fsp3) is 0.417. The van der Waals surface area contributed by atoms with Crippen molar-refractivity contribution in [2.24, 2.45) is 0 Å². The molecule has 94 valence electrons. The first-order valence-corrected chi connectivity index (χ1v) is 5.93. The molecular weight excluding hydrogens is 238 g/mol. The maximum Gasteiger partial charge on any atom is 0.221 e. The first-order chi connectivity index (χ1) is 8.21. The third-order valence-electron chi connectivity index (χ3n) is 2.28. The Morgan fingerprint density at radius 2 is 2.00 bits per heavy atom. The molecule has 0 bridgehead atoms. The van der Waals surface area contributed by atoms with Crippen molar-refractivity contribution >= 4 is 18.5 Å². The summed E-state index contributed by atoms with van der Waals surface area (Å²) >= 11 is 4.00. The van der Waals surface area contributed by atoms with Gasteiger partial charge in [-0.3, -0.25) is 4.79 Å². The van der Waals surface area contributed by atoms with E-state index in [1.54, 1.807) is 14.2 Å². The van der Waals surface area contributed by atoms with Gasteiger partial charge < -0.3 is 14.8 Å². The molecule has 0 heterocycles. The van der Waals surface area contributed by atoms with E-state index < -0.39 is 0 Å². The number of thiol groups is 1. The Balaban J connectivity index is 2.63. The molecule has 0 spiro atoms. The van der Waals surface area contributed by atoms with Gasteiger partial charge in [0.05, 0.1) is 14.2 Å². The molecule has 1 amide bonds. The van der Waals surface area contributed by atoms with Crippen molar-refractivity contribution in [2.75, 3.05) is 20.0 Å². The summed E-state index contributed by atoms with van der Waals surface area (Å²) in [5.74, 6) is 1.89. The lowest BCUT2D eigenvalue weighted by atomic mass is 10.2. The van der Waals surface area contributed by atoms with Gasteiger partial charge in [0.1, 0.15) is 0 Å². The molecule has 1 rings (SSSR count). The van der Waals surface area contributed by atoms with Crippen LogP contribution in [0.15, 0.2) is 18.2 Å². The highest BCUT2D eigenvalue weighted by atomic mass is 32.1. The summed E-state index contributed by atoms with van der Waals surface area (Å²) in [6.45, 7) is 0.479. The van der Waals surface area contributed by atoms with E-state index in [2.05, 4.69) is 17.9 Å². The van der Waals surface area contributed by atoms with E-state index in [0.29, 0.717) is 30.2 Å². The second-order valence-corrected chi connectivity index (χ2v) is 3.89. The standard InChI is InChI=1S/C12H17NO3S/c1-15-10-4-3-9(7-11(10)16-2)8-13-12(14)5-6-17/h3-4,7,17H,5-6,8H2,1-2H3,(H,13,14). The number of benzene rings is 1. The summed E-state index contributed by atoms with van der Waals surface area (Å²) < 4.78 is 10.3. The van der Waals surface area contributed by atoms with Gasteiger partial charge in [-0.1, -0.05) is 6.07 Å². The summed E-state index contributed by atoms with van der Waals surface area (Å²) in [5.41, 5.74) is 0.968. The molecule has 0 aliphatic rings. The largest absolute Gasteiger partial charge is 0.493 e. The van der Waals surface area contributed by atoms with Crippen LogP contribution >= 0.6 is 12.6 Å². The monoisotopic (exact) mass is 255 g/mol. The van der Waals surface area contributed by atoms with E-state index in [1.165, 1.54) is 0 Å². The molecule has 0 saturated heterocycles. The van der Waals surface area contributed by atoms with E-state index >= 15 is 0 Å². The zero-order chi connectivity index (χ0) is 12.7. The molecular formula is C12H17NO3S. The van der Waals surface area contributed by atoms with Crippen LogP contribution in [0, 0.1) is 0 Å². The number of carbonyl (C=O) groups is 1. The topological polar surface area (TPSA) is 47.6 Å². The maximum absolute atomic E-state index is 11.3. The van der Waals surface area contributed by atoms with Gasteiger partial charge in [-0.05, 0) is 23.4 Å². The minimum Gasteiger partial charge on any atom is -0.493 e. The van der Waals surface area contributed by atoms with Crippen LogP contribution in [0.4, 0.5) is 0 Å². The summed E-state index contributed by atoms with van der Waals surface area (Å²) in [4.78, 5) is 11.3. The van der Waals surface area contributed by atoms with Crippen molar-refractivity contribution in [2.45, 2.75) is 13.0 Å². The summed E-state index contributed by atoms with van der Waals surface area (Å²) in [6.07, 6.45) is 0.427. The van der Waals surface area contributed by atoms with Crippen LogP contribution in [0.25, 0.3) is 0 Å². The van der Waals surface area contributed by atoms with E-state index in [9.17, 15) is 4.79 Å². The van der Waals surface area contributed by atoms with E-state index in [4.69, 9.17) is 9.47 Å². The van der Waals surface area contributed by atoms with Crippen LogP contribution in [0.1, 0.15) is 12.0 Å². The molecule has 0 aliphatic heterocycles. The minimum absolute atomic E-state index is 0.00483. The quantitative estimate of drug-likeness (QED) is 0.760. The molecule has 1 N–H and O–H groups in total. The predicted octanol–water partition coefficient (Wildman–Crippen LogP) is 1.64. The average molecular weight is 255 g/mol. The van der Waals surface area contributed by atoms with Crippen LogP contribution < -0.4 is 14.8 Å². The summed E-state index contributed by atoms with van der Waals surface area (Å²) in [6, 6.07) is 5.56. The van der Waals surface area contributed by atoms with E-state index in [1.807, 2.05) is 18.2 Å². The third-order valence-corrected chi connectivity index (χ3v) is 2.50. The normalized spacial score (nSPS) is 9.82. The van der Waals surface area contributed by atoms with Gasteiger partial charge in [0.25, 0.3) is 0 Å². The van der Waals surface area contributed by atoms with Gasteiger partial charge >= 0.3 is 0 Å². The Kier molecular flexibility index (Phi) is 5.69. The number of rotatable bonds is 6. The minimum atomic E-state index is -0.00483. The molecule has 4 nitrogen and oxygen atoms in total. The lowest BCUT2D eigenvalue weighted by Gasteiger charge is -2.10. The molecule has 1 aromatic carbocycles. The van der Waals surface area contributed by atoms with Gasteiger partial charge in [-0.25, -0.2) is 0 Å². The fourth-order valence-corrected chi connectivity index (χ4v) is 1.58. The molecule has 0 saturated carbocycles. The summed E-state index contributed by atoms with van der Waals surface area (Å²) in [5, 5.41) is 2.80. The second-order valence-electron chi connectivity index (χ2n) is 3.44. The number of carbonyl (C=O) groups excluding carboxylic acids is 1. The number of amides is 1. The number of nitrogens with one attached hydrogen (secondary N) is 1. The Hall–Kier alpha value is -1.36. The lowest BCUT2D eigenvalue weighted by molar-refractivity contribution is -0.120. The predicted molar refractivity (Wildman–Crippen MR) is 69.9 cm³/mol. The highest BCUT2D eigenvalue weighted by Gasteiger charge is 2.05. The Morgan fingerprint density at radius 3 is 2.59 bits per heavy atom. The first kappa shape index (κ1) is 13.7. The van der Waals surface area contributed by atoms with Gasteiger partial charge in [0.15, 0.2) is 11.5 Å².